The number of imidazole rings is 1. The minimum absolute atomic E-state index is 0.0274. The van der Waals surface area contributed by atoms with Crippen molar-refractivity contribution >= 4 is 29.1 Å². The lowest BCUT2D eigenvalue weighted by molar-refractivity contribution is -0.143. The molecular formula is C16H17ClF3N3O3. The van der Waals surface area contributed by atoms with Gasteiger partial charge in [-0.25, -0.2) is 4.98 Å². The van der Waals surface area contributed by atoms with E-state index in [4.69, 9.17) is 16.3 Å². The molecule has 2 aromatic rings. The maximum absolute atomic E-state index is 13.0. The first-order chi connectivity index (χ1) is 12.1. The fraction of sp³-hybridized carbons (Fsp3) is 0.438. The van der Waals surface area contributed by atoms with E-state index in [1.54, 1.807) is 6.92 Å². The van der Waals surface area contributed by atoms with Gasteiger partial charge in [-0.15, -0.1) is 0 Å². The summed E-state index contributed by atoms with van der Waals surface area (Å²) in [5.41, 5.74) is -0.742. The molecule has 0 atom stereocenters. The van der Waals surface area contributed by atoms with Crippen LogP contribution in [0.2, 0.25) is 5.02 Å². The Labute approximate surface area is 152 Å². The average Bonchev–Trinajstić information content (AvgIpc) is 2.88. The van der Waals surface area contributed by atoms with E-state index >= 15 is 0 Å². The Morgan fingerprint density at radius 2 is 2.04 bits per heavy atom. The molecule has 0 saturated carbocycles. The second-order valence-corrected chi connectivity index (χ2v) is 6.00. The molecular weight excluding hydrogens is 375 g/mol. The van der Waals surface area contributed by atoms with Gasteiger partial charge in [0.15, 0.2) is 5.65 Å². The molecule has 0 radical (unpaired) electrons. The summed E-state index contributed by atoms with van der Waals surface area (Å²) in [4.78, 5) is 29.4. The number of halogens is 4. The van der Waals surface area contributed by atoms with Gasteiger partial charge in [0.25, 0.3) is 5.91 Å². The molecule has 0 saturated heterocycles. The molecule has 2 aromatic heterocycles. The predicted octanol–water partition coefficient (Wildman–Crippen LogP) is 3.34. The topological polar surface area (TPSA) is 63.9 Å². The standard InChI is InChI=1S/C16H17ClF3N3O3/c1-4-26-12(24)5-6-22(3)15(25)13-9(2)21-14-11(17)7-10(8-23(13)14)16(18,19)20/h7-8H,4-6H2,1-3H3. The first-order valence-corrected chi connectivity index (χ1v) is 8.10. The summed E-state index contributed by atoms with van der Waals surface area (Å²) in [7, 11) is 1.44. The van der Waals surface area contributed by atoms with Crippen LogP contribution in [0.25, 0.3) is 5.65 Å². The van der Waals surface area contributed by atoms with Crippen molar-refractivity contribution in [3.63, 3.8) is 0 Å². The lowest BCUT2D eigenvalue weighted by Gasteiger charge is -2.17. The highest BCUT2D eigenvalue weighted by Gasteiger charge is 2.33. The van der Waals surface area contributed by atoms with Gasteiger partial charge in [0, 0.05) is 19.8 Å². The van der Waals surface area contributed by atoms with Crippen molar-refractivity contribution in [1.29, 1.82) is 0 Å². The number of pyridine rings is 1. The number of esters is 1. The molecule has 2 heterocycles. The van der Waals surface area contributed by atoms with E-state index in [0.717, 1.165) is 16.7 Å². The molecule has 0 N–H and O–H groups in total. The summed E-state index contributed by atoms with van der Waals surface area (Å²) < 4.78 is 44.9. The van der Waals surface area contributed by atoms with Crippen LogP contribution in [0, 0.1) is 6.92 Å². The van der Waals surface area contributed by atoms with Crippen LogP contribution in [0.3, 0.4) is 0 Å². The Morgan fingerprint density at radius 3 is 2.62 bits per heavy atom. The maximum Gasteiger partial charge on any atom is 0.417 e. The first kappa shape index (κ1) is 20.0. The van der Waals surface area contributed by atoms with Crippen molar-refractivity contribution in [3.05, 3.63) is 34.2 Å². The van der Waals surface area contributed by atoms with Gasteiger partial charge in [0.05, 0.1) is 29.3 Å². The van der Waals surface area contributed by atoms with Crippen LogP contribution in [0.1, 0.15) is 35.1 Å². The number of hydrogen-bond donors (Lipinski definition) is 0. The molecule has 2 rings (SSSR count). The molecule has 0 fully saturated rings. The van der Waals surface area contributed by atoms with Crippen LogP contribution in [0.4, 0.5) is 13.2 Å². The van der Waals surface area contributed by atoms with E-state index in [-0.39, 0.29) is 41.6 Å². The zero-order valence-corrected chi connectivity index (χ0v) is 15.1. The zero-order valence-electron chi connectivity index (χ0n) is 14.4. The molecule has 0 aliphatic carbocycles. The number of nitrogens with zero attached hydrogens (tertiary/aromatic N) is 3. The number of amides is 1. The molecule has 0 aromatic carbocycles. The van der Waals surface area contributed by atoms with E-state index in [1.165, 1.54) is 18.9 Å². The second kappa shape index (κ2) is 7.53. The number of alkyl halides is 3. The average molecular weight is 392 g/mol. The molecule has 26 heavy (non-hydrogen) atoms. The highest BCUT2D eigenvalue weighted by atomic mass is 35.5. The molecule has 1 amide bonds. The lowest BCUT2D eigenvalue weighted by Crippen LogP contribution is -2.31. The van der Waals surface area contributed by atoms with Crippen molar-refractivity contribution < 1.29 is 27.5 Å². The maximum atomic E-state index is 13.0. The van der Waals surface area contributed by atoms with Crippen LogP contribution in [0.5, 0.6) is 0 Å². The van der Waals surface area contributed by atoms with Gasteiger partial charge in [0.1, 0.15) is 5.69 Å². The van der Waals surface area contributed by atoms with Gasteiger partial charge in [-0.1, -0.05) is 11.6 Å². The SMILES string of the molecule is CCOC(=O)CCN(C)C(=O)c1c(C)nc2c(Cl)cc(C(F)(F)F)cn12. The summed E-state index contributed by atoms with van der Waals surface area (Å²) in [6, 6.07) is 0.766. The minimum Gasteiger partial charge on any atom is -0.466 e. The summed E-state index contributed by atoms with van der Waals surface area (Å²) in [6.07, 6.45) is -3.86. The van der Waals surface area contributed by atoms with E-state index in [1.807, 2.05) is 0 Å². The minimum atomic E-state index is -4.62. The highest BCUT2D eigenvalue weighted by molar-refractivity contribution is 6.33. The summed E-state index contributed by atoms with van der Waals surface area (Å²) in [6.45, 7) is 3.44. The largest absolute Gasteiger partial charge is 0.466 e. The second-order valence-electron chi connectivity index (χ2n) is 5.60. The van der Waals surface area contributed by atoms with Crippen LogP contribution in [-0.2, 0) is 15.7 Å². The van der Waals surface area contributed by atoms with Crippen molar-refractivity contribution in [3.8, 4) is 0 Å². The fourth-order valence-electron chi connectivity index (χ4n) is 2.40. The number of carbonyl (C=O) groups is 2. The predicted molar refractivity (Wildman–Crippen MR) is 88.2 cm³/mol. The van der Waals surface area contributed by atoms with E-state index in [0.29, 0.717) is 0 Å². The van der Waals surface area contributed by atoms with Gasteiger partial charge in [-0.05, 0) is 19.9 Å². The van der Waals surface area contributed by atoms with Gasteiger partial charge in [-0.3, -0.25) is 14.0 Å². The van der Waals surface area contributed by atoms with Crippen LogP contribution < -0.4 is 0 Å². The molecule has 0 aliphatic rings. The first-order valence-electron chi connectivity index (χ1n) is 7.72. The molecule has 142 valence electrons. The number of rotatable bonds is 5. The Bertz CT molecular complexity index is 849. The highest BCUT2D eigenvalue weighted by Crippen LogP contribution is 2.33. The van der Waals surface area contributed by atoms with Gasteiger partial charge in [0.2, 0.25) is 0 Å². The third kappa shape index (κ3) is 4.09. The number of hydrogen-bond acceptors (Lipinski definition) is 4. The Hall–Kier alpha value is -2.29. The lowest BCUT2D eigenvalue weighted by atomic mass is 10.2. The van der Waals surface area contributed by atoms with Gasteiger partial charge < -0.3 is 9.64 Å². The molecule has 0 bridgehead atoms. The Balaban J connectivity index is 2.39. The van der Waals surface area contributed by atoms with Crippen molar-refractivity contribution in [2.45, 2.75) is 26.4 Å². The summed E-state index contributed by atoms with van der Waals surface area (Å²) in [5, 5.41) is -0.212. The third-order valence-electron chi connectivity index (χ3n) is 3.68. The van der Waals surface area contributed by atoms with Crippen molar-refractivity contribution in [2.24, 2.45) is 0 Å². The van der Waals surface area contributed by atoms with Gasteiger partial charge in [-0.2, -0.15) is 13.2 Å². The van der Waals surface area contributed by atoms with E-state index in [9.17, 15) is 22.8 Å². The fourth-order valence-corrected chi connectivity index (χ4v) is 2.66. The Kier molecular flexibility index (Phi) is 5.80. The number of fused-ring (bicyclic) bond motifs is 1. The van der Waals surface area contributed by atoms with Crippen LogP contribution in [0.15, 0.2) is 12.3 Å². The molecule has 6 nitrogen and oxygen atoms in total. The Morgan fingerprint density at radius 1 is 1.38 bits per heavy atom. The van der Waals surface area contributed by atoms with E-state index < -0.39 is 23.6 Å². The summed E-state index contributed by atoms with van der Waals surface area (Å²) >= 11 is 5.91. The zero-order chi connectivity index (χ0) is 19.6. The van der Waals surface area contributed by atoms with Crippen LogP contribution in [-0.4, -0.2) is 46.4 Å². The molecule has 10 heteroatoms. The number of carbonyl (C=O) groups excluding carboxylic acids is 2. The molecule has 0 unspecified atom stereocenters. The van der Waals surface area contributed by atoms with Crippen LogP contribution >= 0.6 is 11.6 Å². The smallest absolute Gasteiger partial charge is 0.417 e. The van der Waals surface area contributed by atoms with Gasteiger partial charge >= 0.3 is 12.1 Å². The summed E-state index contributed by atoms with van der Waals surface area (Å²) in [5.74, 6) is -1.04. The number of ether oxygens (including phenoxy) is 1. The number of aryl methyl sites for hydroxylation is 1. The van der Waals surface area contributed by atoms with Crippen molar-refractivity contribution in [2.75, 3.05) is 20.2 Å². The quantitative estimate of drug-likeness (QED) is 0.733. The normalized spacial score (nSPS) is 11.7. The van der Waals surface area contributed by atoms with Crippen molar-refractivity contribution in [1.82, 2.24) is 14.3 Å². The third-order valence-corrected chi connectivity index (χ3v) is 3.96. The molecule has 0 spiro atoms. The number of aromatic nitrogens is 2. The molecule has 0 aliphatic heterocycles. The van der Waals surface area contributed by atoms with E-state index in [2.05, 4.69) is 4.98 Å². The monoisotopic (exact) mass is 391 g/mol.